The molecule has 1 heterocycles. The van der Waals surface area contributed by atoms with Crippen molar-refractivity contribution in [2.45, 2.75) is 12.0 Å². The smallest absolute Gasteiger partial charge is 0.251 e. The number of benzene rings is 1. The first kappa shape index (κ1) is 15.0. The van der Waals surface area contributed by atoms with Crippen LogP contribution in [0.25, 0.3) is 0 Å². The molecular weight excluding hydrogens is 378 g/mol. The van der Waals surface area contributed by atoms with Crippen LogP contribution in [0.1, 0.15) is 16.8 Å². The van der Waals surface area contributed by atoms with Gasteiger partial charge in [-0.15, -0.1) is 0 Å². The lowest BCUT2D eigenvalue weighted by molar-refractivity contribution is -0.0148. The van der Waals surface area contributed by atoms with Gasteiger partial charge in [0.1, 0.15) is 5.60 Å². The molecule has 0 aromatic heterocycles. The van der Waals surface area contributed by atoms with Crippen LogP contribution in [0.15, 0.2) is 27.1 Å². The highest BCUT2D eigenvalue weighted by atomic mass is 79.9. The average molecular weight is 393 g/mol. The second kappa shape index (κ2) is 6.35. The van der Waals surface area contributed by atoms with Gasteiger partial charge >= 0.3 is 0 Å². The van der Waals surface area contributed by atoms with E-state index < -0.39 is 0 Å². The van der Waals surface area contributed by atoms with Crippen LogP contribution >= 0.6 is 31.9 Å². The Labute approximate surface area is 129 Å². The van der Waals surface area contributed by atoms with Crippen molar-refractivity contribution >= 4 is 37.8 Å². The lowest BCUT2D eigenvalue weighted by atomic mass is 10.0. The Balaban J connectivity index is 2.01. The van der Waals surface area contributed by atoms with E-state index >= 15 is 0 Å². The summed E-state index contributed by atoms with van der Waals surface area (Å²) in [6.07, 6.45) is 0.798. The van der Waals surface area contributed by atoms with E-state index in [1.807, 2.05) is 6.07 Å². The van der Waals surface area contributed by atoms with E-state index in [1.165, 1.54) is 0 Å². The molecule has 6 heteroatoms. The van der Waals surface area contributed by atoms with E-state index in [-0.39, 0.29) is 11.5 Å². The summed E-state index contributed by atoms with van der Waals surface area (Å²) in [7, 11) is 1.65. The van der Waals surface area contributed by atoms with Crippen molar-refractivity contribution in [1.82, 2.24) is 5.32 Å². The minimum atomic E-state index is -0.390. The third-order valence-electron chi connectivity index (χ3n) is 3.20. The molecule has 1 atom stereocenters. The van der Waals surface area contributed by atoms with E-state index in [4.69, 9.17) is 9.47 Å². The van der Waals surface area contributed by atoms with Crippen LogP contribution in [-0.4, -0.2) is 38.4 Å². The van der Waals surface area contributed by atoms with E-state index in [2.05, 4.69) is 37.2 Å². The van der Waals surface area contributed by atoms with E-state index in [9.17, 15) is 4.79 Å². The highest BCUT2D eigenvalue weighted by Crippen LogP contribution is 2.23. The van der Waals surface area contributed by atoms with Crippen molar-refractivity contribution in [2.75, 3.05) is 26.9 Å². The molecule has 1 aliphatic rings. The zero-order chi connectivity index (χ0) is 13.9. The number of hydrogen-bond acceptors (Lipinski definition) is 3. The van der Waals surface area contributed by atoms with Crippen LogP contribution in [0.4, 0.5) is 0 Å². The highest BCUT2D eigenvalue weighted by Gasteiger charge is 2.35. The number of nitrogens with one attached hydrogen (secondary N) is 1. The molecule has 1 N–H and O–H groups in total. The molecule has 4 nitrogen and oxygen atoms in total. The Bertz CT molecular complexity index is 453. The molecule has 1 aromatic rings. The van der Waals surface area contributed by atoms with Gasteiger partial charge in [0, 0.05) is 41.2 Å². The molecule has 1 fully saturated rings. The number of methoxy groups -OCH3 is 1. The summed E-state index contributed by atoms with van der Waals surface area (Å²) in [5, 5.41) is 2.90. The van der Waals surface area contributed by atoms with Crippen LogP contribution in [-0.2, 0) is 9.47 Å². The molecule has 1 aliphatic heterocycles. The first-order valence-corrected chi connectivity index (χ1v) is 7.50. The van der Waals surface area contributed by atoms with Crippen molar-refractivity contribution in [1.29, 1.82) is 0 Å². The molecule has 0 radical (unpaired) electrons. The second-order valence-electron chi connectivity index (χ2n) is 4.53. The maximum atomic E-state index is 12.1. The summed E-state index contributed by atoms with van der Waals surface area (Å²) in [5.41, 5.74) is 0.213. The van der Waals surface area contributed by atoms with Gasteiger partial charge in [-0.2, -0.15) is 0 Å². The molecule has 0 saturated carbocycles. The monoisotopic (exact) mass is 391 g/mol. The zero-order valence-corrected chi connectivity index (χ0v) is 13.7. The Morgan fingerprint density at radius 2 is 2.11 bits per heavy atom. The highest BCUT2D eigenvalue weighted by molar-refractivity contribution is 9.11. The fourth-order valence-corrected chi connectivity index (χ4v) is 3.28. The van der Waals surface area contributed by atoms with Crippen LogP contribution in [0, 0.1) is 0 Å². The average Bonchev–Trinajstić information content (AvgIpc) is 2.84. The lowest BCUT2D eigenvalue weighted by Crippen LogP contribution is -2.45. The van der Waals surface area contributed by atoms with Crippen molar-refractivity contribution in [3.05, 3.63) is 32.7 Å². The predicted octanol–water partition coefficient (Wildman–Crippen LogP) is 2.75. The van der Waals surface area contributed by atoms with Crippen LogP contribution in [0.5, 0.6) is 0 Å². The van der Waals surface area contributed by atoms with Crippen molar-refractivity contribution < 1.29 is 14.3 Å². The molecule has 2 rings (SSSR count). The zero-order valence-electron chi connectivity index (χ0n) is 10.5. The fourth-order valence-electron chi connectivity index (χ4n) is 1.99. The number of amides is 1. The fraction of sp³-hybridized carbons (Fsp3) is 0.462. The van der Waals surface area contributed by atoms with Gasteiger partial charge in [0.05, 0.1) is 6.61 Å². The molecule has 0 spiro atoms. The van der Waals surface area contributed by atoms with Gasteiger partial charge in [-0.05, 0) is 18.2 Å². The lowest BCUT2D eigenvalue weighted by Gasteiger charge is -2.25. The minimum absolute atomic E-state index is 0.120. The molecule has 1 unspecified atom stereocenters. The third-order valence-corrected chi connectivity index (χ3v) is 4.11. The van der Waals surface area contributed by atoms with Gasteiger partial charge < -0.3 is 14.8 Å². The minimum Gasteiger partial charge on any atom is -0.378 e. The van der Waals surface area contributed by atoms with Gasteiger partial charge in [0.15, 0.2) is 0 Å². The first-order valence-electron chi connectivity index (χ1n) is 5.92. The molecule has 19 heavy (non-hydrogen) atoms. The number of halogens is 2. The normalized spacial score (nSPS) is 22.5. The molecule has 104 valence electrons. The van der Waals surface area contributed by atoms with Gasteiger partial charge in [-0.25, -0.2) is 0 Å². The van der Waals surface area contributed by atoms with Crippen molar-refractivity contribution in [2.24, 2.45) is 0 Å². The topological polar surface area (TPSA) is 47.6 Å². The standard InChI is InChI=1S/C13H15Br2NO3/c1-18-13(2-3-19-8-13)7-16-12(17)9-4-10(14)6-11(15)5-9/h4-6H,2-3,7-8H2,1H3,(H,16,17). The molecule has 0 aliphatic carbocycles. The van der Waals surface area contributed by atoms with Gasteiger partial charge in [-0.3, -0.25) is 4.79 Å². The Morgan fingerprint density at radius 3 is 2.63 bits per heavy atom. The molecular formula is C13H15Br2NO3. The Hall–Kier alpha value is -0.430. The number of carbonyl (C=O) groups excluding carboxylic acids is 1. The van der Waals surface area contributed by atoms with Crippen molar-refractivity contribution in [3.63, 3.8) is 0 Å². The Kier molecular flexibility index (Phi) is 5.00. The summed E-state index contributed by atoms with van der Waals surface area (Å²) < 4.78 is 12.5. The number of ether oxygens (including phenoxy) is 2. The summed E-state index contributed by atoms with van der Waals surface area (Å²) in [4.78, 5) is 12.1. The predicted molar refractivity (Wildman–Crippen MR) is 79.4 cm³/mol. The number of hydrogen-bond donors (Lipinski definition) is 1. The maximum Gasteiger partial charge on any atom is 0.251 e. The van der Waals surface area contributed by atoms with E-state index in [0.717, 1.165) is 15.4 Å². The van der Waals surface area contributed by atoms with Crippen LogP contribution in [0.2, 0.25) is 0 Å². The van der Waals surface area contributed by atoms with Gasteiger partial charge in [0.25, 0.3) is 5.91 Å². The Morgan fingerprint density at radius 1 is 1.42 bits per heavy atom. The second-order valence-corrected chi connectivity index (χ2v) is 6.36. The van der Waals surface area contributed by atoms with Gasteiger partial charge in [-0.1, -0.05) is 31.9 Å². The summed E-state index contributed by atoms with van der Waals surface area (Å²) in [6.45, 7) is 1.64. The molecule has 1 amide bonds. The number of carbonyl (C=O) groups is 1. The first-order chi connectivity index (χ1) is 9.04. The third kappa shape index (κ3) is 3.78. The molecule has 1 saturated heterocycles. The SMILES string of the molecule is COC1(CNC(=O)c2cc(Br)cc(Br)c2)CCOC1. The quantitative estimate of drug-likeness (QED) is 0.856. The van der Waals surface area contributed by atoms with Crippen molar-refractivity contribution in [3.8, 4) is 0 Å². The van der Waals surface area contributed by atoms with E-state index in [1.54, 1.807) is 19.2 Å². The number of rotatable bonds is 4. The molecule has 1 aromatic carbocycles. The summed E-state index contributed by atoms with van der Waals surface area (Å²) >= 11 is 6.74. The summed E-state index contributed by atoms with van der Waals surface area (Å²) in [5.74, 6) is -0.120. The van der Waals surface area contributed by atoms with Crippen LogP contribution in [0.3, 0.4) is 0 Å². The van der Waals surface area contributed by atoms with Gasteiger partial charge in [0.2, 0.25) is 0 Å². The maximum absolute atomic E-state index is 12.1. The van der Waals surface area contributed by atoms with E-state index in [0.29, 0.717) is 25.3 Å². The van der Waals surface area contributed by atoms with Crippen LogP contribution < -0.4 is 5.32 Å². The summed E-state index contributed by atoms with van der Waals surface area (Å²) in [6, 6.07) is 5.45. The largest absolute Gasteiger partial charge is 0.378 e. The molecule has 0 bridgehead atoms.